The number of hydrogen-bond donors (Lipinski definition) is 1. The van der Waals surface area contributed by atoms with E-state index in [1.54, 1.807) is 23.6 Å². The average Bonchev–Trinajstić information content (AvgIpc) is 3.13. The normalized spacial score (nSPS) is 16.7. The van der Waals surface area contributed by atoms with E-state index >= 15 is 0 Å². The highest BCUT2D eigenvalue weighted by atomic mass is 32.1. The number of aryl methyl sites for hydroxylation is 1. The lowest BCUT2D eigenvalue weighted by molar-refractivity contribution is 0.0520. The molecule has 2 heterocycles. The van der Waals surface area contributed by atoms with E-state index in [1.807, 2.05) is 6.07 Å². The number of nitrogens with one attached hydrogen (secondary N) is 1. The first-order valence-electron chi connectivity index (χ1n) is 7.62. The summed E-state index contributed by atoms with van der Waals surface area (Å²) in [6.45, 7) is 4.29. The summed E-state index contributed by atoms with van der Waals surface area (Å²) in [5.41, 5.74) is 1.52. The van der Waals surface area contributed by atoms with Crippen LogP contribution in [-0.4, -0.2) is 23.5 Å². The van der Waals surface area contributed by atoms with Crippen LogP contribution >= 0.6 is 22.7 Å². The van der Waals surface area contributed by atoms with Gasteiger partial charge in [-0.15, -0.1) is 22.7 Å². The molecule has 1 N–H and O–H groups in total. The predicted molar refractivity (Wildman–Crippen MR) is 91.5 cm³/mol. The van der Waals surface area contributed by atoms with Crippen molar-refractivity contribution >= 4 is 39.7 Å². The Bertz CT molecular complexity index is 736. The number of thiophene rings is 1. The number of anilines is 1. The van der Waals surface area contributed by atoms with Crippen LogP contribution in [0.1, 0.15) is 50.9 Å². The summed E-state index contributed by atoms with van der Waals surface area (Å²) in [5.74, 6) is 0.0470. The molecule has 1 atom stereocenters. The van der Waals surface area contributed by atoms with Gasteiger partial charge in [-0.1, -0.05) is 6.92 Å². The van der Waals surface area contributed by atoms with Gasteiger partial charge < -0.3 is 4.74 Å². The number of carbonyl (C=O) groups excluding carboxylic acids is 2. The van der Waals surface area contributed by atoms with Crippen molar-refractivity contribution < 1.29 is 14.3 Å². The van der Waals surface area contributed by atoms with Gasteiger partial charge in [0.1, 0.15) is 0 Å². The van der Waals surface area contributed by atoms with Crippen molar-refractivity contribution in [2.75, 3.05) is 11.9 Å². The maximum Gasteiger partial charge on any atom is 0.357 e. The number of ether oxygens (including phenoxy) is 1. The van der Waals surface area contributed by atoms with E-state index in [0.717, 1.165) is 12.8 Å². The molecule has 2 aromatic rings. The Hall–Kier alpha value is -1.73. The van der Waals surface area contributed by atoms with Gasteiger partial charge in [0, 0.05) is 10.3 Å². The van der Waals surface area contributed by atoms with Crippen molar-refractivity contribution in [1.82, 2.24) is 4.98 Å². The van der Waals surface area contributed by atoms with Crippen molar-refractivity contribution in [3.63, 3.8) is 0 Å². The molecule has 0 aromatic carbocycles. The maximum absolute atomic E-state index is 12.4. The molecule has 7 heteroatoms. The van der Waals surface area contributed by atoms with Gasteiger partial charge in [-0.25, -0.2) is 9.78 Å². The highest BCUT2D eigenvalue weighted by Crippen LogP contribution is 2.32. The molecule has 1 unspecified atom stereocenters. The second-order valence-electron chi connectivity index (χ2n) is 5.62. The molecular formula is C16H18N2O3S2. The molecule has 1 aliphatic carbocycles. The number of hydrogen-bond acceptors (Lipinski definition) is 6. The molecule has 0 saturated heterocycles. The Morgan fingerprint density at radius 1 is 1.48 bits per heavy atom. The third kappa shape index (κ3) is 3.61. The molecule has 0 saturated carbocycles. The van der Waals surface area contributed by atoms with Gasteiger partial charge in [-0.05, 0) is 43.7 Å². The number of esters is 1. The van der Waals surface area contributed by atoms with E-state index in [4.69, 9.17) is 4.74 Å². The number of fused-ring (bicyclic) bond motifs is 1. The fraction of sp³-hybridized carbons (Fsp3) is 0.438. The fourth-order valence-electron chi connectivity index (χ4n) is 2.61. The topological polar surface area (TPSA) is 68.3 Å². The summed E-state index contributed by atoms with van der Waals surface area (Å²) < 4.78 is 4.89. The van der Waals surface area contributed by atoms with E-state index in [-0.39, 0.29) is 11.6 Å². The van der Waals surface area contributed by atoms with Crippen LogP contribution < -0.4 is 5.32 Å². The third-order valence-corrected chi connectivity index (χ3v) is 5.76. The second kappa shape index (κ2) is 6.80. The minimum Gasteiger partial charge on any atom is -0.461 e. The predicted octanol–water partition coefficient (Wildman–Crippen LogP) is 3.76. The van der Waals surface area contributed by atoms with Crippen molar-refractivity contribution in [2.24, 2.45) is 5.92 Å². The van der Waals surface area contributed by atoms with Gasteiger partial charge in [0.25, 0.3) is 5.91 Å². The number of thiazole rings is 1. The van der Waals surface area contributed by atoms with E-state index in [0.29, 0.717) is 22.5 Å². The molecule has 0 aliphatic heterocycles. The Kier molecular flexibility index (Phi) is 4.77. The van der Waals surface area contributed by atoms with Crippen LogP contribution in [0.5, 0.6) is 0 Å². The monoisotopic (exact) mass is 350 g/mol. The SMILES string of the molecule is CCOC(=O)c1csc(NC(=O)c2cc3c(s2)CCC(C)C3)n1. The quantitative estimate of drug-likeness (QED) is 0.853. The zero-order chi connectivity index (χ0) is 16.4. The van der Waals surface area contributed by atoms with Crippen LogP contribution in [0.3, 0.4) is 0 Å². The van der Waals surface area contributed by atoms with Crippen LogP contribution in [0.15, 0.2) is 11.4 Å². The van der Waals surface area contributed by atoms with Crippen molar-refractivity contribution in [1.29, 1.82) is 0 Å². The molecule has 1 aliphatic rings. The number of carbonyl (C=O) groups is 2. The van der Waals surface area contributed by atoms with Crippen molar-refractivity contribution in [3.05, 3.63) is 32.5 Å². The van der Waals surface area contributed by atoms with E-state index < -0.39 is 5.97 Å². The third-order valence-electron chi connectivity index (χ3n) is 3.76. The Balaban J connectivity index is 1.69. The lowest BCUT2D eigenvalue weighted by atomic mass is 9.90. The standard InChI is InChI=1S/C16H18N2O3S2/c1-3-21-15(20)11-8-22-16(17-11)18-14(19)13-7-10-6-9(2)4-5-12(10)23-13/h7-9H,3-6H2,1-2H3,(H,17,18,19). The first-order valence-corrected chi connectivity index (χ1v) is 9.32. The molecule has 0 spiro atoms. The summed E-state index contributed by atoms with van der Waals surface area (Å²) in [7, 11) is 0. The van der Waals surface area contributed by atoms with Crippen LogP contribution in [0.4, 0.5) is 5.13 Å². The first kappa shape index (κ1) is 16.1. The maximum atomic E-state index is 12.4. The van der Waals surface area contributed by atoms with Crippen LogP contribution in [-0.2, 0) is 17.6 Å². The van der Waals surface area contributed by atoms with Gasteiger partial charge >= 0.3 is 5.97 Å². The summed E-state index contributed by atoms with van der Waals surface area (Å²) in [6.07, 6.45) is 3.28. The Morgan fingerprint density at radius 3 is 3.09 bits per heavy atom. The largest absolute Gasteiger partial charge is 0.461 e. The number of amides is 1. The molecule has 0 bridgehead atoms. The summed E-state index contributed by atoms with van der Waals surface area (Å²) in [5, 5.41) is 4.77. The molecule has 3 rings (SSSR count). The number of nitrogens with zero attached hydrogens (tertiary/aromatic N) is 1. The molecule has 23 heavy (non-hydrogen) atoms. The van der Waals surface area contributed by atoms with Crippen molar-refractivity contribution in [3.8, 4) is 0 Å². The summed E-state index contributed by atoms with van der Waals surface area (Å²) >= 11 is 2.78. The molecule has 2 aromatic heterocycles. The highest BCUT2D eigenvalue weighted by Gasteiger charge is 2.21. The van der Waals surface area contributed by atoms with E-state index in [9.17, 15) is 9.59 Å². The lowest BCUT2D eigenvalue weighted by Crippen LogP contribution is -2.11. The minimum absolute atomic E-state index is 0.165. The average molecular weight is 350 g/mol. The van der Waals surface area contributed by atoms with Gasteiger partial charge in [0.15, 0.2) is 10.8 Å². The fourth-order valence-corrected chi connectivity index (χ4v) is 4.38. The molecule has 122 valence electrons. The summed E-state index contributed by atoms with van der Waals surface area (Å²) in [4.78, 5) is 30.1. The number of rotatable bonds is 4. The molecule has 5 nitrogen and oxygen atoms in total. The second-order valence-corrected chi connectivity index (χ2v) is 7.61. The smallest absolute Gasteiger partial charge is 0.357 e. The van der Waals surface area contributed by atoms with Crippen LogP contribution in [0, 0.1) is 5.92 Å². The highest BCUT2D eigenvalue weighted by molar-refractivity contribution is 7.15. The zero-order valence-electron chi connectivity index (χ0n) is 13.0. The van der Waals surface area contributed by atoms with E-state index in [1.165, 1.54) is 28.2 Å². The van der Waals surface area contributed by atoms with Gasteiger partial charge in [0.2, 0.25) is 0 Å². The minimum atomic E-state index is -0.468. The Morgan fingerprint density at radius 2 is 2.30 bits per heavy atom. The van der Waals surface area contributed by atoms with Gasteiger partial charge in [0.05, 0.1) is 11.5 Å². The lowest BCUT2D eigenvalue weighted by Gasteiger charge is -2.16. The zero-order valence-corrected chi connectivity index (χ0v) is 14.7. The summed E-state index contributed by atoms with van der Waals surface area (Å²) in [6, 6.07) is 1.99. The van der Waals surface area contributed by atoms with Crippen molar-refractivity contribution in [2.45, 2.75) is 33.1 Å². The van der Waals surface area contributed by atoms with E-state index in [2.05, 4.69) is 17.2 Å². The van der Waals surface area contributed by atoms with Gasteiger partial charge in [-0.3, -0.25) is 10.1 Å². The van der Waals surface area contributed by atoms with Crippen LogP contribution in [0.2, 0.25) is 0 Å². The molecular weight excluding hydrogens is 332 g/mol. The molecule has 1 amide bonds. The molecule has 0 radical (unpaired) electrons. The van der Waals surface area contributed by atoms with Crippen LogP contribution in [0.25, 0.3) is 0 Å². The van der Waals surface area contributed by atoms with Gasteiger partial charge in [-0.2, -0.15) is 0 Å². The number of aromatic nitrogens is 1. The molecule has 0 fully saturated rings. The Labute approximate surface area is 142 Å². The first-order chi connectivity index (χ1) is 11.1.